The lowest BCUT2D eigenvalue weighted by Crippen LogP contribution is -2.26. The van der Waals surface area contributed by atoms with Crippen LogP contribution in [0, 0.1) is 0 Å². The molecule has 9 rings (SSSR count). The molecule has 0 amide bonds. The Hall–Kier alpha value is -4.62. The van der Waals surface area contributed by atoms with Gasteiger partial charge < -0.3 is 4.57 Å². The maximum Gasteiger partial charge on any atom is 0.0582 e. The summed E-state index contributed by atoms with van der Waals surface area (Å²) in [4.78, 5) is 0. The molecule has 0 saturated carbocycles. The number of aromatic nitrogens is 1. The molecule has 0 N–H and O–H groups in total. The molecule has 2 heterocycles. The van der Waals surface area contributed by atoms with Crippen LogP contribution in [0.15, 0.2) is 115 Å². The zero-order valence-corrected chi connectivity index (χ0v) is 21.4. The Morgan fingerprint density at radius 3 is 2.03 bits per heavy atom. The van der Waals surface area contributed by atoms with Crippen molar-refractivity contribution in [3.8, 4) is 39.1 Å². The molecule has 0 saturated heterocycles. The first-order valence-electron chi connectivity index (χ1n) is 13.5. The normalized spacial score (nSPS) is 14.3. The third-order valence-electron chi connectivity index (χ3n) is 9.14. The van der Waals surface area contributed by atoms with E-state index in [9.17, 15) is 0 Å². The average Bonchev–Trinajstić information content (AvgIpc) is 3.47. The van der Waals surface area contributed by atoms with Crippen molar-refractivity contribution in [3.05, 3.63) is 126 Å². The number of fused-ring (bicyclic) bond motifs is 8. The van der Waals surface area contributed by atoms with Crippen LogP contribution in [0.2, 0.25) is 0 Å². The Labute approximate surface area is 221 Å². The first-order valence-corrected chi connectivity index (χ1v) is 13.5. The number of hydrogen-bond acceptors (Lipinski definition) is 0. The van der Waals surface area contributed by atoms with Crippen molar-refractivity contribution < 1.29 is 0 Å². The summed E-state index contributed by atoms with van der Waals surface area (Å²) in [6.45, 7) is 4.72. The molecular weight excluding hydrogens is 458 g/mol. The van der Waals surface area contributed by atoms with E-state index in [1.54, 1.807) is 0 Å². The van der Waals surface area contributed by atoms with Crippen LogP contribution in [0.3, 0.4) is 0 Å². The standard InChI is InChI=1S/C37H25N/c1-37(2)31-14-5-6-16-34(31)38-33-20-17-22(21-30(33)29-13-8-15-32(37)36(29)38)23-18-19-28-25-10-4-3-9-24(25)27-12-7-11-26(23)35(27)28/h3-21H,1-2H3. The molecule has 178 valence electrons. The van der Waals surface area contributed by atoms with E-state index in [4.69, 9.17) is 0 Å². The molecule has 1 aliphatic carbocycles. The van der Waals surface area contributed by atoms with Crippen LogP contribution in [-0.4, -0.2) is 4.57 Å². The first-order chi connectivity index (χ1) is 18.6. The molecule has 7 aromatic rings. The molecule has 1 heteroatoms. The number of hydrogen-bond donors (Lipinski definition) is 0. The molecular formula is C37H25N. The summed E-state index contributed by atoms with van der Waals surface area (Å²) in [7, 11) is 0. The van der Waals surface area contributed by atoms with Crippen LogP contribution >= 0.6 is 0 Å². The van der Waals surface area contributed by atoms with Gasteiger partial charge in [-0.05, 0) is 73.5 Å². The van der Waals surface area contributed by atoms with Gasteiger partial charge in [0.05, 0.1) is 16.7 Å². The largest absolute Gasteiger partial charge is 0.309 e. The Morgan fingerprint density at radius 2 is 1.16 bits per heavy atom. The van der Waals surface area contributed by atoms with E-state index in [1.165, 1.54) is 82.8 Å². The molecule has 1 nitrogen and oxygen atoms in total. The van der Waals surface area contributed by atoms with Crippen molar-refractivity contribution in [1.29, 1.82) is 0 Å². The Bertz CT molecular complexity index is 2130. The van der Waals surface area contributed by atoms with Crippen molar-refractivity contribution >= 4 is 32.6 Å². The summed E-state index contributed by atoms with van der Waals surface area (Å²) in [6, 6.07) is 43.1. The molecule has 0 atom stereocenters. The molecule has 0 fully saturated rings. The molecule has 1 aliphatic heterocycles. The van der Waals surface area contributed by atoms with Gasteiger partial charge in [0.15, 0.2) is 0 Å². The second-order valence-electron chi connectivity index (χ2n) is 11.3. The van der Waals surface area contributed by atoms with Crippen molar-refractivity contribution in [2.45, 2.75) is 19.3 Å². The molecule has 0 bridgehead atoms. The maximum atomic E-state index is 2.49. The van der Waals surface area contributed by atoms with Gasteiger partial charge in [-0.3, -0.25) is 0 Å². The maximum absolute atomic E-state index is 2.49. The fourth-order valence-electron chi connectivity index (χ4n) is 7.39. The van der Waals surface area contributed by atoms with Crippen molar-refractivity contribution in [2.24, 2.45) is 0 Å². The smallest absolute Gasteiger partial charge is 0.0582 e. The minimum absolute atomic E-state index is 0.0456. The summed E-state index contributed by atoms with van der Waals surface area (Å²) in [5, 5.41) is 5.36. The molecule has 6 aromatic carbocycles. The van der Waals surface area contributed by atoms with Gasteiger partial charge >= 0.3 is 0 Å². The lowest BCUT2D eigenvalue weighted by atomic mass is 9.75. The molecule has 1 aromatic heterocycles. The molecule has 0 spiro atoms. The number of benzene rings is 6. The molecule has 38 heavy (non-hydrogen) atoms. The van der Waals surface area contributed by atoms with E-state index >= 15 is 0 Å². The van der Waals surface area contributed by atoms with E-state index in [1.807, 2.05) is 0 Å². The monoisotopic (exact) mass is 483 g/mol. The summed E-state index contributed by atoms with van der Waals surface area (Å²) in [5.74, 6) is 0. The number of para-hydroxylation sites is 2. The third kappa shape index (κ3) is 2.33. The van der Waals surface area contributed by atoms with Crippen LogP contribution < -0.4 is 0 Å². The minimum Gasteiger partial charge on any atom is -0.309 e. The predicted molar refractivity (Wildman–Crippen MR) is 160 cm³/mol. The van der Waals surface area contributed by atoms with Crippen LogP contribution in [0.25, 0.3) is 71.6 Å². The summed E-state index contributed by atoms with van der Waals surface area (Å²) < 4.78 is 2.49. The fraction of sp³-hybridized carbons (Fsp3) is 0.0811. The highest BCUT2D eigenvalue weighted by molar-refractivity contribution is 6.19. The highest BCUT2D eigenvalue weighted by Crippen LogP contribution is 2.51. The summed E-state index contributed by atoms with van der Waals surface area (Å²) >= 11 is 0. The van der Waals surface area contributed by atoms with Gasteiger partial charge in [-0.15, -0.1) is 0 Å². The SMILES string of the molecule is CC1(C)c2ccccc2-n2c3ccc(-c4ccc5c6c(cccc46)-c4ccccc4-5)cc3c3cccc1c32. The zero-order valence-electron chi connectivity index (χ0n) is 21.4. The van der Waals surface area contributed by atoms with Gasteiger partial charge in [0, 0.05) is 16.2 Å². The molecule has 2 aliphatic rings. The lowest BCUT2D eigenvalue weighted by molar-refractivity contribution is 0.630. The summed E-state index contributed by atoms with van der Waals surface area (Å²) in [5.41, 5.74) is 14.6. The van der Waals surface area contributed by atoms with E-state index < -0.39 is 0 Å². The Balaban J connectivity index is 1.35. The van der Waals surface area contributed by atoms with Gasteiger partial charge in [-0.25, -0.2) is 0 Å². The first kappa shape index (κ1) is 20.4. The van der Waals surface area contributed by atoms with Crippen LogP contribution in [-0.2, 0) is 5.41 Å². The predicted octanol–water partition coefficient (Wildman–Crippen LogP) is 9.89. The zero-order chi connectivity index (χ0) is 25.2. The van der Waals surface area contributed by atoms with Gasteiger partial charge in [0.1, 0.15) is 0 Å². The minimum atomic E-state index is -0.0456. The van der Waals surface area contributed by atoms with Crippen LogP contribution in [0.1, 0.15) is 25.0 Å². The van der Waals surface area contributed by atoms with Crippen molar-refractivity contribution in [2.75, 3.05) is 0 Å². The van der Waals surface area contributed by atoms with Crippen LogP contribution in [0.4, 0.5) is 0 Å². The second kappa shape index (κ2) is 6.82. The van der Waals surface area contributed by atoms with E-state index in [0.29, 0.717) is 0 Å². The highest BCUT2D eigenvalue weighted by Gasteiger charge is 2.34. The van der Waals surface area contributed by atoms with Gasteiger partial charge in [-0.2, -0.15) is 0 Å². The van der Waals surface area contributed by atoms with Crippen LogP contribution in [0.5, 0.6) is 0 Å². The van der Waals surface area contributed by atoms with Crippen molar-refractivity contribution in [3.63, 3.8) is 0 Å². The Morgan fingerprint density at radius 1 is 0.500 bits per heavy atom. The number of nitrogens with zero attached hydrogens (tertiary/aromatic N) is 1. The van der Waals surface area contributed by atoms with E-state index in [-0.39, 0.29) is 5.41 Å². The van der Waals surface area contributed by atoms with Crippen molar-refractivity contribution in [1.82, 2.24) is 4.57 Å². The average molecular weight is 484 g/mol. The Kier molecular flexibility index (Phi) is 3.67. The third-order valence-corrected chi connectivity index (χ3v) is 9.14. The quantitative estimate of drug-likeness (QED) is 0.219. The second-order valence-corrected chi connectivity index (χ2v) is 11.3. The molecule has 0 radical (unpaired) electrons. The highest BCUT2D eigenvalue weighted by atomic mass is 15.0. The lowest BCUT2D eigenvalue weighted by Gasteiger charge is -2.34. The van der Waals surface area contributed by atoms with Gasteiger partial charge in [0.25, 0.3) is 0 Å². The fourth-order valence-corrected chi connectivity index (χ4v) is 7.39. The van der Waals surface area contributed by atoms with E-state index in [2.05, 4.69) is 134 Å². The topological polar surface area (TPSA) is 4.93 Å². The summed E-state index contributed by atoms with van der Waals surface area (Å²) in [6.07, 6.45) is 0. The molecule has 0 unspecified atom stereocenters. The van der Waals surface area contributed by atoms with Gasteiger partial charge in [-0.1, -0.05) is 111 Å². The number of rotatable bonds is 1. The van der Waals surface area contributed by atoms with Gasteiger partial charge in [0.2, 0.25) is 0 Å². The van der Waals surface area contributed by atoms with E-state index in [0.717, 1.165) is 0 Å².